The smallest absolute Gasteiger partial charge is 0.0958 e. The third kappa shape index (κ3) is 2.89. The zero-order valence-corrected chi connectivity index (χ0v) is 11.1. The summed E-state index contributed by atoms with van der Waals surface area (Å²) >= 11 is 0. The molecule has 0 amide bonds. The highest BCUT2D eigenvalue weighted by Gasteiger charge is 2.15. The van der Waals surface area contributed by atoms with Crippen LogP contribution in [-0.4, -0.2) is 9.55 Å². The number of hydrogen-bond acceptors (Lipinski definition) is 2. The van der Waals surface area contributed by atoms with Crippen LogP contribution in [0.15, 0.2) is 30.6 Å². The molecule has 2 rings (SSSR count). The molecule has 0 fully saturated rings. The molecule has 3 heteroatoms. The van der Waals surface area contributed by atoms with Crippen molar-refractivity contribution >= 4 is 11.0 Å². The van der Waals surface area contributed by atoms with Crippen LogP contribution < -0.4 is 0 Å². The van der Waals surface area contributed by atoms with Gasteiger partial charge in [0.2, 0.25) is 0 Å². The fourth-order valence-electron chi connectivity index (χ4n) is 2.09. The Morgan fingerprint density at radius 3 is 2.83 bits per heavy atom. The van der Waals surface area contributed by atoms with E-state index in [1.807, 2.05) is 38.4 Å². The van der Waals surface area contributed by atoms with Crippen molar-refractivity contribution in [2.75, 3.05) is 0 Å². The second-order valence-electron chi connectivity index (χ2n) is 5.38. The minimum absolute atomic E-state index is 0.197. The van der Waals surface area contributed by atoms with E-state index in [9.17, 15) is 0 Å². The number of benzene rings is 1. The van der Waals surface area contributed by atoms with Crippen molar-refractivity contribution in [3.63, 3.8) is 0 Å². The first-order chi connectivity index (χ1) is 8.62. The minimum Gasteiger partial charge on any atom is -0.331 e. The van der Waals surface area contributed by atoms with E-state index in [1.54, 1.807) is 0 Å². The van der Waals surface area contributed by atoms with Crippen molar-refractivity contribution in [1.82, 2.24) is 9.55 Å². The number of nitriles is 1. The summed E-state index contributed by atoms with van der Waals surface area (Å²) in [5.74, 6) is 0. The van der Waals surface area contributed by atoms with Gasteiger partial charge in [0.25, 0.3) is 0 Å². The average molecular weight is 241 g/mol. The van der Waals surface area contributed by atoms with Gasteiger partial charge < -0.3 is 4.57 Å². The standard InChI is InChI=1S/C15H19N3/c1-15(2,11-16)9-5-6-10-18-12-17-13-7-3-4-8-14(13)18/h3-4,7-8,12H,5-6,9-10H2,1-2H3. The zero-order chi connectivity index (χ0) is 13.0. The molecular formula is C15H19N3. The summed E-state index contributed by atoms with van der Waals surface area (Å²) in [6.45, 7) is 4.97. The van der Waals surface area contributed by atoms with Crippen LogP contribution in [-0.2, 0) is 6.54 Å². The molecule has 2 aromatic rings. The molecule has 1 aromatic carbocycles. The van der Waals surface area contributed by atoms with Crippen molar-refractivity contribution in [1.29, 1.82) is 5.26 Å². The van der Waals surface area contributed by atoms with Crippen molar-refractivity contribution in [2.45, 2.75) is 39.7 Å². The first kappa shape index (κ1) is 12.6. The summed E-state index contributed by atoms with van der Waals surface area (Å²) in [6, 6.07) is 10.5. The molecule has 0 aliphatic carbocycles. The van der Waals surface area contributed by atoms with Gasteiger partial charge >= 0.3 is 0 Å². The number of aryl methyl sites for hydroxylation is 1. The molecule has 0 unspecified atom stereocenters. The maximum Gasteiger partial charge on any atom is 0.0958 e. The molecule has 0 aliphatic heterocycles. The highest BCUT2D eigenvalue weighted by atomic mass is 15.0. The van der Waals surface area contributed by atoms with Gasteiger partial charge in [0, 0.05) is 6.54 Å². The number of hydrogen-bond donors (Lipinski definition) is 0. The summed E-state index contributed by atoms with van der Waals surface area (Å²) < 4.78 is 2.19. The second-order valence-corrected chi connectivity index (χ2v) is 5.38. The number of para-hydroxylation sites is 2. The summed E-state index contributed by atoms with van der Waals surface area (Å²) in [5.41, 5.74) is 2.05. The van der Waals surface area contributed by atoms with E-state index in [2.05, 4.69) is 21.7 Å². The molecule has 1 aromatic heterocycles. The molecule has 94 valence electrons. The Morgan fingerprint density at radius 2 is 2.06 bits per heavy atom. The van der Waals surface area contributed by atoms with Crippen LogP contribution in [0.4, 0.5) is 0 Å². The van der Waals surface area contributed by atoms with E-state index in [0.717, 1.165) is 31.3 Å². The van der Waals surface area contributed by atoms with Crippen molar-refractivity contribution in [2.24, 2.45) is 5.41 Å². The predicted molar refractivity (Wildman–Crippen MR) is 73.0 cm³/mol. The molecule has 0 saturated heterocycles. The monoisotopic (exact) mass is 241 g/mol. The lowest BCUT2D eigenvalue weighted by Gasteiger charge is -2.14. The van der Waals surface area contributed by atoms with Crippen molar-refractivity contribution in [3.8, 4) is 6.07 Å². The Kier molecular flexibility index (Phi) is 3.66. The summed E-state index contributed by atoms with van der Waals surface area (Å²) in [4.78, 5) is 4.37. The van der Waals surface area contributed by atoms with Gasteiger partial charge in [-0.15, -0.1) is 0 Å². The van der Waals surface area contributed by atoms with Gasteiger partial charge in [-0.05, 0) is 38.8 Å². The van der Waals surface area contributed by atoms with E-state index in [0.29, 0.717) is 0 Å². The van der Waals surface area contributed by atoms with Crippen LogP contribution in [0.1, 0.15) is 33.1 Å². The van der Waals surface area contributed by atoms with Crippen LogP contribution in [0.3, 0.4) is 0 Å². The van der Waals surface area contributed by atoms with E-state index < -0.39 is 0 Å². The largest absolute Gasteiger partial charge is 0.331 e. The first-order valence-electron chi connectivity index (χ1n) is 6.43. The van der Waals surface area contributed by atoms with Gasteiger partial charge in [0.15, 0.2) is 0 Å². The molecule has 0 bridgehead atoms. The van der Waals surface area contributed by atoms with Crippen LogP contribution in [0, 0.1) is 16.7 Å². The van der Waals surface area contributed by atoms with Crippen molar-refractivity contribution < 1.29 is 0 Å². The molecule has 0 saturated carbocycles. The molecule has 3 nitrogen and oxygen atoms in total. The Balaban J connectivity index is 1.90. The SMILES string of the molecule is CC(C)(C#N)CCCCn1cnc2ccccc21. The highest BCUT2D eigenvalue weighted by Crippen LogP contribution is 2.22. The molecular weight excluding hydrogens is 222 g/mol. The number of fused-ring (bicyclic) bond motifs is 1. The van der Waals surface area contributed by atoms with Crippen molar-refractivity contribution in [3.05, 3.63) is 30.6 Å². The van der Waals surface area contributed by atoms with Crippen LogP contribution >= 0.6 is 0 Å². The first-order valence-corrected chi connectivity index (χ1v) is 6.43. The Morgan fingerprint density at radius 1 is 1.28 bits per heavy atom. The summed E-state index contributed by atoms with van der Waals surface area (Å²) in [7, 11) is 0. The number of aromatic nitrogens is 2. The number of unbranched alkanes of at least 4 members (excludes halogenated alkanes) is 1. The van der Waals surface area contributed by atoms with E-state index in [4.69, 9.17) is 5.26 Å². The molecule has 0 aliphatic rings. The fraction of sp³-hybridized carbons (Fsp3) is 0.467. The van der Waals surface area contributed by atoms with Crippen LogP contribution in [0.2, 0.25) is 0 Å². The number of rotatable bonds is 5. The van der Waals surface area contributed by atoms with Gasteiger partial charge in [-0.1, -0.05) is 18.6 Å². The average Bonchev–Trinajstić information content (AvgIpc) is 2.78. The third-order valence-corrected chi connectivity index (χ3v) is 3.28. The van der Waals surface area contributed by atoms with E-state index in [-0.39, 0.29) is 5.41 Å². The van der Waals surface area contributed by atoms with Gasteiger partial charge in [0.05, 0.1) is 28.8 Å². The Hall–Kier alpha value is -1.82. The lowest BCUT2D eigenvalue weighted by Crippen LogP contribution is -2.08. The summed E-state index contributed by atoms with van der Waals surface area (Å²) in [5, 5.41) is 8.95. The molecule has 1 heterocycles. The molecule has 0 spiro atoms. The normalized spacial score (nSPS) is 11.6. The van der Waals surface area contributed by atoms with Gasteiger partial charge in [-0.2, -0.15) is 5.26 Å². The lowest BCUT2D eigenvalue weighted by atomic mass is 9.89. The zero-order valence-electron chi connectivity index (χ0n) is 11.1. The Labute approximate surface area is 108 Å². The molecule has 0 atom stereocenters. The maximum absolute atomic E-state index is 8.95. The maximum atomic E-state index is 8.95. The molecule has 0 radical (unpaired) electrons. The molecule has 18 heavy (non-hydrogen) atoms. The highest BCUT2D eigenvalue weighted by molar-refractivity contribution is 5.74. The van der Waals surface area contributed by atoms with Crippen LogP contribution in [0.5, 0.6) is 0 Å². The fourth-order valence-corrected chi connectivity index (χ4v) is 2.09. The third-order valence-electron chi connectivity index (χ3n) is 3.28. The van der Waals surface area contributed by atoms with Gasteiger partial charge in [-0.25, -0.2) is 4.98 Å². The lowest BCUT2D eigenvalue weighted by molar-refractivity contribution is 0.418. The van der Waals surface area contributed by atoms with E-state index >= 15 is 0 Å². The van der Waals surface area contributed by atoms with E-state index in [1.165, 1.54) is 5.52 Å². The second kappa shape index (κ2) is 5.22. The quantitative estimate of drug-likeness (QED) is 0.748. The Bertz CT molecular complexity index is 560. The predicted octanol–water partition coefficient (Wildman–Crippen LogP) is 3.76. The molecule has 0 N–H and O–H groups in total. The number of imidazole rings is 1. The summed E-state index contributed by atoms with van der Waals surface area (Å²) in [6.07, 6.45) is 5.02. The number of nitrogens with zero attached hydrogens (tertiary/aromatic N) is 3. The van der Waals surface area contributed by atoms with Gasteiger partial charge in [-0.3, -0.25) is 0 Å². The minimum atomic E-state index is -0.197. The van der Waals surface area contributed by atoms with Crippen LogP contribution in [0.25, 0.3) is 11.0 Å². The topological polar surface area (TPSA) is 41.6 Å². The van der Waals surface area contributed by atoms with Gasteiger partial charge in [0.1, 0.15) is 0 Å².